The Labute approximate surface area is 123 Å². The minimum absolute atomic E-state index is 0.298. The van der Waals surface area contributed by atoms with Crippen LogP contribution < -0.4 is 4.74 Å². The average molecular weight is 276 g/mol. The van der Waals surface area contributed by atoms with Gasteiger partial charge >= 0.3 is 0 Å². The number of nitrogens with zero attached hydrogens (tertiary/aromatic N) is 1. The first-order valence-corrected chi connectivity index (χ1v) is 7.11. The SMILES string of the molecule is COc1ccc(C2CN=Cc3[nH]c4ccccc4c32)cc1. The molecule has 1 unspecified atom stereocenters. The average Bonchev–Trinajstić information content (AvgIpc) is 2.93. The van der Waals surface area contributed by atoms with E-state index in [1.54, 1.807) is 7.11 Å². The van der Waals surface area contributed by atoms with Crippen LogP contribution in [0, 0.1) is 0 Å². The lowest BCUT2D eigenvalue weighted by atomic mass is 9.88. The zero-order valence-corrected chi connectivity index (χ0v) is 11.8. The Morgan fingerprint density at radius 3 is 2.71 bits per heavy atom. The number of nitrogens with one attached hydrogen (secondary N) is 1. The topological polar surface area (TPSA) is 37.4 Å². The number of fused-ring (bicyclic) bond motifs is 3. The summed E-state index contributed by atoms with van der Waals surface area (Å²) in [6.45, 7) is 0.793. The van der Waals surface area contributed by atoms with E-state index in [4.69, 9.17) is 4.74 Å². The van der Waals surface area contributed by atoms with Gasteiger partial charge < -0.3 is 9.72 Å². The predicted octanol–water partition coefficient (Wildman–Crippen LogP) is 3.74. The molecule has 0 saturated heterocycles. The van der Waals surface area contributed by atoms with Crippen molar-refractivity contribution in [1.82, 2.24) is 4.98 Å². The van der Waals surface area contributed by atoms with E-state index in [0.29, 0.717) is 5.92 Å². The summed E-state index contributed by atoms with van der Waals surface area (Å²) < 4.78 is 5.25. The van der Waals surface area contributed by atoms with Crippen molar-refractivity contribution in [1.29, 1.82) is 0 Å². The van der Waals surface area contributed by atoms with Gasteiger partial charge in [-0.15, -0.1) is 0 Å². The largest absolute Gasteiger partial charge is 0.497 e. The van der Waals surface area contributed by atoms with Crippen LogP contribution in [-0.2, 0) is 0 Å². The maximum Gasteiger partial charge on any atom is 0.118 e. The molecule has 1 N–H and O–H groups in total. The zero-order valence-electron chi connectivity index (χ0n) is 11.8. The molecule has 3 nitrogen and oxygen atoms in total. The van der Waals surface area contributed by atoms with Gasteiger partial charge in [0.2, 0.25) is 0 Å². The summed E-state index contributed by atoms with van der Waals surface area (Å²) in [4.78, 5) is 7.99. The molecule has 0 aliphatic carbocycles. The van der Waals surface area contributed by atoms with E-state index in [1.165, 1.54) is 22.0 Å². The highest BCUT2D eigenvalue weighted by Crippen LogP contribution is 2.36. The molecule has 0 amide bonds. The van der Waals surface area contributed by atoms with E-state index in [9.17, 15) is 0 Å². The smallest absolute Gasteiger partial charge is 0.118 e. The summed E-state index contributed by atoms with van der Waals surface area (Å²) in [5, 5.41) is 1.29. The Morgan fingerprint density at radius 2 is 1.90 bits per heavy atom. The van der Waals surface area contributed by atoms with Gasteiger partial charge in [0.15, 0.2) is 0 Å². The first kappa shape index (κ1) is 12.2. The first-order chi connectivity index (χ1) is 10.4. The number of aromatic amines is 1. The lowest BCUT2D eigenvalue weighted by molar-refractivity contribution is 0.414. The first-order valence-electron chi connectivity index (χ1n) is 7.11. The highest BCUT2D eigenvalue weighted by Gasteiger charge is 2.24. The van der Waals surface area contributed by atoms with Crippen molar-refractivity contribution in [3.05, 3.63) is 65.4 Å². The summed E-state index contributed by atoms with van der Waals surface area (Å²) in [6.07, 6.45) is 1.95. The number of hydrogen-bond acceptors (Lipinski definition) is 2. The summed E-state index contributed by atoms with van der Waals surface area (Å²) in [5.41, 5.74) is 4.93. The van der Waals surface area contributed by atoms with Gasteiger partial charge in [-0.05, 0) is 29.3 Å². The molecule has 4 rings (SSSR count). The normalized spacial score (nSPS) is 16.9. The molecule has 1 aromatic heterocycles. The fourth-order valence-corrected chi connectivity index (χ4v) is 3.11. The standard InChI is InChI=1S/C18H16N2O/c1-21-13-8-6-12(7-9-13)15-10-19-11-17-18(15)14-4-2-3-5-16(14)20-17/h2-9,11,15,20H,10H2,1H3. The number of H-pyrrole nitrogens is 1. The number of rotatable bonds is 2. The third-order valence-corrected chi connectivity index (χ3v) is 4.15. The fourth-order valence-electron chi connectivity index (χ4n) is 3.11. The van der Waals surface area contributed by atoms with Crippen LogP contribution in [0.25, 0.3) is 10.9 Å². The van der Waals surface area contributed by atoms with Crippen LogP contribution in [0.4, 0.5) is 0 Å². The highest BCUT2D eigenvalue weighted by molar-refractivity contribution is 5.95. The zero-order chi connectivity index (χ0) is 14.2. The van der Waals surface area contributed by atoms with Crippen LogP contribution in [0.5, 0.6) is 5.75 Å². The van der Waals surface area contributed by atoms with Crippen molar-refractivity contribution in [2.24, 2.45) is 4.99 Å². The Morgan fingerprint density at radius 1 is 1.10 bits per heavy atom. The minimum atomic E-state index is 0.298. The van der Waals surface area contributed by atoms with Crippen LogP contribution in [0.15, 0.2) is 53.5 Å². The monoisotopic (exact) mass is 276 g/mol. The number of hydrogen-bond donors (Lipinski definition) is 1. The molecule has 2 heterocycles. The van der Waals surface area contributed by atoms with Crippen molar-refractivity contribution in [3.63, 3.8) is 0 Å². The van der Waals surface area contributed by atoms with Gasteiger partial charge in [-0.3, -0.25) is 4.99 Å². The molecule has 3 aromatic rings. The lowest BCUT2D eigenvalue weighted by Gasteiger charge is -2.19. The Kier molecular flexibility index (Phi) is 2.78. The van der Waals surface area contributed by atoms with E-state index in [1.807, 2.05) is 18.3 Å². The van der Waals surface area contributed by atoms with Crippen molar-refractivity contribution in [2.45, 2.75) is 5.92 Å². The summed E-state index contributed by atoms with van der Waals surface area (Å²) in [6, 6.07) is 16.8. The molecular formula is C18H16N2O. The van der Waals surface area contributed by atoms with Crippen molar-refractivity contribution in [2.75, 3.05) is 13.7 Å². The predicted molar refractivity (Wildman–Crippen MR) is 85.6 cm³/mol. The molecule has 0 saturated carbocycles. The minimum Gasteiger partial charge on any atom is -0.497 e. The van der Waals surface area contributed by atoms with Crippen molar-refractivity contribution < 1.29 is 4.74 Å². The summed E-state index contributed by atoms with van der Waals surface area (Å²) in [7, 11) is 1.69. The van der Waals surface area contributed by atoms with E-state index < -0.39 is 0 Å². The molecule has 0 fully saturated rings. The molecule has 0 bridgehead atoms. The van der Waals surface area contributed by atoms with Crippen molar-refractivity contribution in [3.8, 4) is 5.75 Å². The van der Waals surface area contributed by atoms with Gasteiger partial charge in [-0.25, -0.2) is 0 Å². The lowest BCUT2D eigenvalue weighted by Crippen LogP contribution is -2.11. The second-order valence-electron chi connectivity index (χ2n) is 5.32. The number of methoxy groups -OCH3 is 1. The molecule has 3 heteroatoms. The number of benzene rings is 2. The third kappa shape index (κ3) is 1.93. The van der Waals surface area contributed by atoms with Crippen LogP contribution in [0.1, 0.15) is 22.7 Å². The van der Waals surface area contributed by atoms with Crippen LogP contribution in [0.2, 0.25) is 0 Å². The summed E-state index contributed by atoms with van der Waals surface area (Å²) in [5.74, 6) is 1.18. The third-order valence-electron chi connectivity index (χ3n) is 4.15. The number of para-hydroxylation sites is 1. The molecule has 0 spiro atoms. The maximum absolute atomic E-state index is 5.25. The second kappa shape index (κ2) is 4.77. The van der Waals surface area contributed by atoms with Crippen molar-refractivity contribution >= 4 is 17.1 Å². The van der Waals surface area contributed by atoms with Crippen LogP contribution >= 0.6 is 0 Å². The van der Waals surface area contributed by atoms with E-state index in [-0.39, 0.29) is 0 Å². The van der Waals surface area contributed by atoms with E-state index in [0.717, 1.165) is 18.0 Å². The molecule has 1 aliphatic rings. The van der Waals surface area contributed by atoms with Gasteiger partial charge in [-0.2, -0.15) is 0 Å². The molecule has 21 heavy (non-hydrogen) atoms. The van der Waals surface area contributed by atoms with Gasteiger partial charge in [-0.1, -0.05) is 30.3 Å². The second-order valence-corrected chi connectivity index (χ2v) is 5.32. The molecule has 2 aromatic carbocycles. The van der Waals surface area contributed by atoms with E-state index >= 15 is 0 Å². The Bertz CT molecular complexity index is 815. The molecule has 1 atom stereocenters. The molecule has 104 valence electrons. The number of aromatic nitrogens is 1. The van der Waals surface area contributed by atoms with Gasteiger partial charge in [0.1, 0.15) is 5.75 Å². The quantitative estimate of drug-likeness (QED) is 0.760. The fraction of sp³-hybridized carbons (Fsp3) is 0.167. The van der Waals surface area contributed by atoms with Gasteiger partial charge in [0.05, 0.1) is 19.3 Å². The molecular weight excluding hydrogens is 260 g/mol. The van der Waals surface area contributed by atoms with E-state index in [2.05, 4.69) is 46.4 Å². The maximum atomic E-state index is 5.25. The highest BCUT2D eigenvalue weighted by atomic mass is 16.5. The van der Waals surface area contributed by atoms with Gasteiger partial charge in [0, 0.05) is 23.0 Å². The summed E-state index contributed by atoms with van der Waals surface area (Å²) >= 11 is 0. The Balaban J connectivity index is 1.87. The van der Waals surface area contributed by atoms with Gasteiger partial charge in [0.25, 0.3) is 0 Å². The number of ether oxygens (including phenoxy) is 1. The Hall–Kier alpha value is -2.55. The molecule has 1 aliphatic heterocycles. The van der Waals surface area contributed by atoms with Crippen LogP contribution in [0.3, 0.4) is 0 Å². The number of aliphatic imine (C=N–C) groups is 1. The van der Waals surface area contributed by atoms with Crippen LogP contribution in [-0.4, -0.2) is 24.9 Å². The molecule has 0 radical (unpaired) electrons.